The maximum Gasteiger partial charge on any atom is 0.237 e. The Bertz CT molecular complexity index is 977. The lowest BCUT2D eigenvalue weighted by Gasteiger charge is -2.39. The summed E-state index contributed by atoms with van der Waals surface area (Å²) < 4.78 is 9.56. The third kappa shape index (κ3) is 3.13. The van der Waals surface area contributed by atoms with Crippen LogP contribution in [0.15, 0.2) is 24.3 Å². The molecule has 1 aromatic carbocycles. The number of amides is 1. The van der Waals surface area contributed by atoms with Gasteiger partial charge < -0.3 is 9.64 Å². The highest BCUT2D eigenvalue weighted by atomic mass is 32.1. The highest BCUT2D eigenvalue weighted by Gasteiger charge is 2.45. The number of ether oxygens (including phenoxy) is 1. The first-order chi connectivity index (χ1) is 14.6. The van der Waals surface area contributed by atoms with Gasteiger partial charge in [-0.05, 0) is 43.8 Å². The molecule has 30 heavy (non-hydrogen) atoms. The van der Waals surface area contributed by atoms with Gasteiger partial charge in [-0.2, -0.15) is 0 Å². The molecule has 1 aromatic heterocycles. The second-order valence-electron chi connectivity index (χ2n) is 8.47. The molecule has 158 valence electrons. The summed E-state index contributed by atoms with van der Waals surface area (Å²) in [7, 11) is 1.64. The van der Waals surface area contributed by atoms with Crippen LogP contribution in [0.2, 0.25) is 0 Å². The van der Waals surface area contributed by atoms with Crippen molar-refractivity contribution in [2.45, 2.75) is 56.7 Å². The fraction of sp³-hybridized carbons (Fsp3) is 0.545. The first-order valence-electron chi connectivity index (χ1n) is 10.6. The molecule has 3 aliphatic rings. The zero-order chi connectivity index (χ0) is 20.8. The van der Waals surface area contributed by atoms with Crippen molar-refractivity contribution in [2.75, 3.05) is 20.2 Å². The Balaban J connectivity index is 1.29. The first kappa shape index (κ1) is 19.6. The Labute approximate surface area is 180 Å². The third-order valence-electron chi connectivity index (χ3n) is 6.97. The number of rotatable bonds is 4. The van der Waals surface area contributed by atoms with Gasteiger partial charge in [-0.25, -0.2) is 0 Å². The molecule has 3 aliphatic heterocycles. The molecule has 4 heterocycles. The number of nitrogens with zero attached hydrogens (tertiary/aromatic N) is 4. The zero-order valence-electron chi connectivity index (χ0n) is 17.3. The first-order valence-corrected chi connectivity index (χ1v) is 11.4. The maximum absolute atomic E-state index is 13.3. The molecule has 5 rings (SSSR count). The summed E-state index contributed by atoms with van der Waals surface area (Å²) in [6.45, 7) is 2.94. The number of para-hydroxylation sites is 1. The van der Waals surface area contributed by atoms with E-state index in [1.807, 2.05) is 41.0 Å². The van der Waals surface area contributed by atoms with Crippen molar-refractivity contribution in [3.05, 3.63) is 40.4 Å². The number of ketones is 1. The van der Waals surface area contributed by atoms with Gasteiger partial charge in [-0.15, -0.1) is 5.10 Å². The molecule has 0 saturated carbocycles. The van der Waals surface area contributed by atoms with Crippen LogP contribution in [0.4, 0.5) is 0 Å². The van der Waals surface area contributed by atoms with E-state index < -0.39 is 0 Å². The fourth-order valence-corrected chi connectivity index (χ4v) is 6.20. The van der Waals surface area contributed by atoms with Crippen molar-refractivity contribution in [3.8, 4) is 5.75 Å². The number of Topliss-reactive ketones (excluding diaryl/α,β-unsaturated/α-hetero) is 1. The van der Waals surface area contributed by atoms with Crippen molar-refractivity contribution in [2.24, 2.45) is 0 Å². The SMILES string of the molecule is COc1ccccc1[C@H]1CCN(CC(=O)N2[C@H]3CC[C@H]2c2snnc2C3)[C@H](C)C1=O. The molecule has 2 fully saturated rings. The molecule has 2 aromatic rings. The van der Waals surface area contributed by atoms with Crippen LogP contribution < -0.4 is 4.74 Å². The number of carbonyl (C=O) groups excluding carboxylic acids is 2. The van der Waals surface area contributed by atoms with Crippen molar-refractivity contribution < 1.29 is 14.3 Å². The topological polar surface area (TPSA) is 75.6 Å². The number of hydrogen-bond acceptors (Lipinski definition) is 7. The van der Waals surface area contributed by atoms with Gasteiger partial charge >= 0.3 is 0 Å². The minimum atomic E-state index is -0.291. The minimum absolute atomic E-state index is 0.114. The second-order valence-corrected chi connectivity index (χ2v) is 9.25. The average Bonchev–Trinajstić information content (AvgIpc) is 3.36. The van der Waals surface area contributed by atoms with Crippen LogP contribution in [0.1, 0.15) is 54.3 Å². The normalized spacial score (nSPS) is 28.5. The molecule has 4 atom stereocenters. The van der Waals surface area contributed by atoms with Crippen LogP contribution in [0, 0.1) is 0 Å². The van der Waals surface area contributed by atoms with Crippen molar-refractivity contribution in [3.63, 3.8) is 0 Å². The molecule has 2 saturated heterocycles. The number of methoxy groups -OCH3 is 1. The largest absolute Gasteiger partial charge is 0.496 e. The van der Waals surface area contributed by atoms with E-state index in [0.717, 1.165) is 47.7 Å². The summed E-state index contributed by atoms with van der Waals surface area (Å²) in [6, 6.07) is 7.78. The van der Waals surface area contributed by atoms with Gasteiger partial charge in [0.1, 0.15) is 5.75 Å². The van der Waals surface area contributed by atoms with Gasteiger partial charge in [-0.3, -0.25) is 14.5 Å². The summed E-state index contributed by atoms with van der Waals surface area (Å²) in [5.41, 5.74) is 2.01. The third-order valence-corrected chi connectivity index (χ3v) is 7.84. The summed E-state index contributed by atoms with van der Waals surface area (Å²) >= 11 is 1.42. The molecule has 0 unspecified atom stereocenters. The second kappa shape index (κ2) is 7.74. The predicted molar refractivity (Wildman–Crippen MR) is 113 cm³/mol. The number of aromatic nitrogens is 2. The van der Waals surface area contributed by atoms with E-state index in [0.29, 0.717) is 13.0 Å². The zero-order valence-corrected chi connectivity index (χ0v) is 18.1. The van der Waals surface area contributed by atoms with E-state index >= 15 is 0 Å². The molecule has 1 amide bonds. The Morgan fingerprint density at radius 2 is 2.10 bits per heavy atom. The van der Waals surface area contributed by atoms with Crippen LogP contribution in [0.5, 0.6) is 5.75 Å². The summed E-state index contributed by atoms with van der Waals surface area (Å²) in [5, 5.41) is 4.25. The Morgan fingerprint density at radius 3 is 2.93 bits per heavy atom. The molecule has 2 bridgehead atoms. The summed E-state index contributed by atoms with van der Waals surface area (Å²) in [6.07, 6.45) is 3.51. The number of likely N-dealkylation sites (tertiary alicyclic amines) is 1. The predicted octanol–water partition coefficient (Wildman–Crippen LogP) is 2.58. The Hall–Kier alpha value is -2.32. The van der Waals surface area contributed by atoms with Crippen molar-refractivity contribution in [1.29, 1.82) is 0 Å². The number of fused-ring (bicyclic) bond motifs is 4. The monoisotopic (exact) mass is 426 g/mol. The van der Waals surface area contributed by atoms with Gasteiger partial charge in [0, 0.05) is 30.5 Å². The molecule has 0 N–H and O–H groups in total. The quantitative estimate of drug-likeness (QED) is 0.748. The van der Waals surface area contributed by atoms with Crippen LogP contribution in [0.25, 0.3) is 0 Å². The van der Waals surface area contributed by atoms with E-state index in [2.05, 4.69) is 9.59 Å². The van der Waals surface area contributed by atoms with Gasteiger partial charge in [0.2, 0.25) is 5.91 Å². The highest BCUT2D eigenvalue weighted by Crippen LogP contribution is 2.44. The average molecular weight is 427 g/mol. The van der Waals surface area contributed by atoms with Crippen molar-refractivity contribution >= 4 is 23.2 Å². The summed E-state index contributed by atoms with van der Waals surface area (Å²) in [5.74, 6) is 0.858. The lowest BCUT2D eigenvalue weighted by Crippen LogP contribution is -2.53. The van der Waals surface area contributed by atoms with Gasteiger partial charge in [-0.1, -0.05) is 22.7 Å². The van der Waals surface area contributed by atoms with E-state index in [9.17, 15) is 9.59 Å². The molecular weight excluding hydrogens is 400 g/mol. The van der Waals surface area contributed by atoms with E-state index in [4.69, 9.17) is 4.74 Å². The number of hydrogen-bond donors (Lipinski definition) is 0. The smallest absolute Gasteiger partial charge is 0.237 e. The number of piperidine rings is 1. The molecule has 7 nitrogen and oxygen atoms in total. The number of benzene rings is 1. The number of carbonyl (C=O) groups is 2. The van der Waals surface area contributed by atoms with Gasteiger partial charge in [0.15, 0.2) is 5.78 Å². The standard InChI is InChI=1S/C22H26N4O3S/c1-13-21(28)16(15-5-3-4-6-19(15)29-2)9-10-25(13)12-20(27)26-14-7-8-18(26)22-17(11-14)23-24-30-22/h3-6,13-14,16,18H,7-12H2,1-2H3/t13-,14+,16-,18+/m1/s1. The fourth-order valence-electron chi connectivity index (χ4n) is 5.39. The Kier molecular flexibility index (Phi) is 5.06. The van der Waals surface area contributed by atoms with Crippen LogP contribution in [-0.2, 0) is 16.0 Å². The van der Waals surface area contributed by atoms with E-state index in [1.54, 1.807) is 7.11 Å². The molecule has 8 heteroatoms. The molecular formula is C22H26N4O3S. The molecule has 0 aliphatic carbocycles. The molecule has 0 radical (unpaired) electrons. The maximum atomic E-state index is 13.3. The highest BCUT2D eigenvalue weighted by molar-refractivity contribution is 7.05. The molecule has 0 spiro atoms. The van der Waals surface area contributed by atoms with Gasteiger partial charge in [0.25, 0.3) is 0 Å². The Morgan fingerprint density at radius 1 is 1.27 bits per heavy atom. The van der Waals surface area contributed by atoms with E-state index in [-0.39, 0.29) is 35.7 Å². The van der Waals surface area contributed by atoms with Crippen LogP contribution in [0.3, 0.4) is 0 Å². The van der Waals surface area contributed by atoms with Gasteiger partial charge in [0.05, 0.1) is 36.3 Å². The minimum Gasteiger partial charge on any atom is -0.496 e. The lowest BCUT2D eigenvalue weighted by molar-refractivity contribution is -0.138. The van der Waals surface area contributed by atoms with Crippen LogP contribution in [-0.4, -0.2) is 63.4 Å². The lowest BCUT2D eigenvalue weighted by atomic mass is 9.84. The van der Waals surface area contributed by atoms with E-state index in [1.165, 1.54) is 11.5 Å². The summed E-state index contributed by atoms with van der Waals surface area (Å²) in [4.78, 5) is 31.7. The van der Waals surface area contributed by atoms with Crippen molar-refractivity contribution in [1.82, 2.24) is 19.4 Å². The van der Waals surface area contributed by atoms with Crippen LogP contribution >= 0.6 is 11.5 Å².